The number of hydrogen-bond donors (Lipinski definition) is 1. The van der Waals surface area contributed by atoms with Crippen molar-refractivity contribution in [3.63, 3.8) is 0 Å². The zero-order valence-corrected chi connectivity index (χ0v) is 12.3. The minimum atomic E-state index is 0.00348. The molecular weight excluding hydrogens is 256 g/mol. The monoisotopic (exact) mass is 276 g/mol. The van der Waals surface area contributed by atoms with Gasteiger partial charge < -0.3 is 10.1 Å². The van der Waals surface area contributed by atoms with Gasteiger partial charge in [0.15, 0.2) is 0 Å². The van der Waals surface area contributed by atoms with Gasteiger partial charge in [-0.2, -0.15) is 0 Å². The lowest BCUT2D eigenvalue weighted by Crippen LogP contribution is -2.43. The van der Waals surface area contributed by atoms with Crippen molar-refractivity contribution in [3.05, 3.63) is 29.3 Å². The van der Waals surface area contributed by atoms with Gasteiger partial charge in [0.2, 0.25) is 0 Å². The molecule has 2 aromatic rings. The van der Waals surface area contributed by atoms with E-state index >= 15 is 0 Å². The Morgan fingerprint density at radius 2 is 2.26 bits per heavy atom. The molecule has 4 heteroatoms. The Morgan fingerprint density at radius 1 is 1.42 bits per heavy atom. The van der Waals surface area contributed by atoms with Crippen LogP contribution in [0.1, 0.15) is 31.7 Å². The lowest BCUT2D eigenvalue weighted by molar-refractivity contribution is -0.0630. The Labute approximate surface area is 118 Å². The van der Waals surface area contributed by atoms with Gasteiger partial charge >= 0.3 is 0 Å². The third kappa shape index (κ3) is 3.14. The third-order valence-corrected chi connectivity index (χ3v) is 4.61. The highest BCUT2D eigenvalue weighted by atomic mass is 32.1. The molecule has 102 valence electrons. The zero-order valence-electron chi connectivity index (χ0n) is 11.5. The van der Waals surface area contributed by atoms with Crippen molar-refractivity contribution in [2.24, 2.45) is 0 Å². The normalized spacial score (nSPS) is 22.7. The molecule has 0 spiro atoms. The summed E-state index contributed by atoms with van der Waals surface area (Å²) in [5.41, 5.74) is 1.11. The van der Waals surface area contributed by atoms with E-state index in [1.165, 1.54) is 9.71 Å². The summed E-state index contributed by atoms with van der Waals surface area (Å²) in [6.07, 6.45) is 2.16. The van der Waals surface area contributed by atoms with Crippen LogP contribution in [0.15, 0.2) is 24.3 Å². The molecule has 3 nitrogen and oxygen atoms in total. The molecule has 0 radical (unpaired) electrons. The van der Waals surface area contributed by atoms with Crippen LogP contribution in [-0.4, -0.2) is 23.2 Å². The number of para-hydroxylation sites is 1. The lowest BCUT2D eigenvalue weighted by Gasteiger charge is -2.35. The Hall–Kier alpha value is -0.970. The second-order valence-electron chi connectivity index (χ2n) is 5.75. The molecule has 0 amide bonds. The summed E-state index contributed by atoms with van der Waals surface area (Å²) in [7, 11) is 0. The van der Waals surface area contributed by atoms with Crippen molar-refractivity contribution < 1.29 is 4.74 Å². The van der Waals surface area contributed by atoms with E-state index in [2.05, 4.69) is 42.3 Å². The molecule has 1 N–H and O–H groups in total. The molecule has 2 heterocycles. The number of ether oxygens (including phenoxy) is 1. The number of hydrogen-bond acceptors (Lipinski definition) is 4. The molecule has 1 saturated heterocycles. The van der Waals surface area contributed by atoms with Gasteiger partial charge in [-0.25, -0.2) is 4.98 Å². The van der Waals surface area contributed by atoms with Gasteiger partial charge in [-0.05, 0) is 38.8 Å². The van der Waals surface area contributed by atoms with Crippen molar-refractivity contribution in [1.82, 2.24) is 10.3 Å². The summed E-state index contributed by atoms with van der Waals surface area (Å²) in [5.74, 6) is 0. The first-order chi connectivity index (χ1) is 9.12. The molecule has 1 aliphatic rings. The Morgan fingerprint density at radius 3 is 3.05 bits per heavy atom. The zero-order chi connectivity index (χ0) is 13.3. The van der Waals surface area contributed by atoms with Gasteiger partial charge in [-0.3, -0.25) is 0 Å². The molecule has 1 aliphatic heterocycles. The van der Waals surface area contributed by atoms with Gasteiger partial charge in [0.05, 0.1) is 15.8 Å². The highest BCUT2D eigenvalue weighted by molar-refractivity contribution is 7.18. The van der Waals surface area contributed by atoms with Gasteiger partial charge in [-0.15, -0.1) is 11.3 Å². The van der Waals surface area contributed by atoms with E-state index in [9.17, 15) is 0 Å². The number of aromatic nitrogens is 1. The molecule has 0 aliphatic carbocycles. The highest BCUT2D eigenvalue weighted by Crippen LogP contribution is 2.25. The molecule has 0 saturated carbocycles. The first-order valence-corrected chi connectivity index (χ1v) is 7.66. The topological polar surface area (TPSA) is 34.2 Å². The van der Waals surface area contributed by atoms with Crippen molar-refractivity contribution in [2.75, 3.05) is 6.61 Å². The molecular formula is C15H20N2OS. The third-order valence-electron chi connectivity index (χ3n) is 3.58. The predicted octanol–water partition coefficient (Wildman–Crippen LogP) is 3.34. The van der Waals surface area contributed by atoms with Gasteiger partial charge in [-0.1, -0.05) is 12.1 Å². The second-order valence-corrected chi connectivity index (χ2v) is 6.87. The molecule has 3 rings (SSSR count). The molecule has 0 bridgehead atoms. The minimum Gasteiger partial charge on any atom is -0.375 e. The summed E-state index contributed by atoms with van der Waals surface area (Å²) >= 11 is 1.78. The van der Waals surface area contributed by atoms with Crippen LogP contribution in [0.4, 0.5) is 0 Å². The van der Waals surface area contributed by atoms with Crippen LogP contribution in [0.5, 0.6) is 0 Å². The van der Waals surface area contributed by atoms with Crippen molar-refractivity contribution >= 4 is 21.6 Å². The van der Waals surface area contributed by atoms with Crippen LogP contribution in [0, 0.1) is 0 Å². The van der Waals surface area contributed by atoms with Gasteiger partial charge in [0, 0.05) is 19.2 Å². The van der Waals surface area contributed by atoms with Crippen molar-refractivity contribution in [1.29, 1.82) is 0 Å². The number of fused-ring (bicyclic) bond motifs is 1. The molecule has 1 aromatic heterocycles. The van der Waals surface area contributed by atoms with Crippen molar-refractivity contribution in [3.8, 4) is 0 Å². The Bertz CT molecular complexity index is 531. The van der Waals surface area contributed by atoms with E-state index in [1.54, 1.807) is 11.3 Å². The average molecular weight is 276 g/mol. The molecule has 1 atom stereocenters. The predicted molar refractivity (Wildman–Crippen MR) is 79.5 cm³/mol. The maximum atomic E-state index is 5.74. The average Bonchev–Trinajstić information content (AvgIpc) is 2.78. The lowest BCUT2D eigenvalue weighted by atomic mass is 9.94. The molecule has 19 heavy (non-hydrogen) atoms. The van der Waals surface area contributed by atoms with Crippen LogP contribution in [-0.2, 0) is 11.3 Å². The van der Waals surface area contributed by atoms with E-state index in [-0.39, 0.29) is 5.60 Å². The number of nitrogens with zero attached hydrogens (tertiary/aromatic N) is 1. The summed E-state index contributed by atoms with van der Waals surface area (Å²) in [6.45, 7) is 6.04. The van der Waals surface area contributed by atoms with E-state index < -0.39 is 0 Å². The highest BCUT2D eigenvalue weighted by Gasteiger charge is 2.28. The fraction of sp³-hybridized carbons (Fsp3) is 0.533. The number of rotatable bonds is 3. The second kappa shape index (κ2) is 5.19. The van der Waals surface area contributed by atoms with Crippen LogP contribution in [0.25, 0.3) is 10.2 Å². The summed E-state index contributed by atoms with van der Waals surface area (Å²) in [6, 6.07) is 8.86. The Kier molecular flexibility index (Phi) is 3.56. The number of benzene rings is 1. The smallest absolute Gasteiger partial charge is 0.108 e. The summed E-state index contributed by atoms with van der Waals surface area (Å²) < 4.78 is 7.01. The van der Waals surface area contributed by atoms with E-state index in [4.69, 9.17) is 4.74 Å². The van der Waals surface area contributed by atoms with Crippen molar-refractivity contribution in [2.45, 2.75) is 44.9 Å². The molecule has 1 aromatic carbocycles. The first kappa shape index (κ1) is 13.0. The van der Waals surface area contributed by atoms with E-state index in [0.717, 1.165) is 31.5 Å². The SMILES string of the molecule is CC1(C)CC(NCc2nc3ccccc3s2)CCO1. The summed E-state index contributed by atoms with van der Waals surface area (Å²) in [4.78, 5) is 4.66. The fourth-order valence-corrected chi connectivity index (χ4v) is 3.55. The standard InChI is InChI=1S/C15H20N2OS/c1-15(2)9-11(7-8-18-15)16-10-14-17-12-5-3-4-6-13(12)19-14/h3-6,11,16H,7-10H2,1-2H3. The van der Waals surface area contributed by atoms with Crippen LogP contribution >= 0.6 is 11.3 Å². The fourth-order valence-electron chi connectivity index (χ4n) is 2.63. The minimum absolute atomic E-state index is 0.00348. The first-order valence-electron chi connectivity index (χ1n) is 6.84. The van der Waals surface area contributed by atoms with Gasteiger partial charge in [0.1, 0.15) is 5.01 Å². The van der Waals surface area contributed by atoms with Crippen LogP contribution in [0.3, 0.4) is 0 Å². The Balaban J connectivity index is 1.62. The van der Waals surface area contributed by atoms with Gasteiger partial charge in [0.25, 0.3) is 0 Å². The molecule has 1 unspecified atom stereocenters. The maximum absolute atomic E-state index is 5.74. The van der Waals surface area contributed by atoms with E-state index in [1.807, 2.05) is 6.07 Å². The maximum Gasteiger partial charge on any atom is 0.108 e. The number of thiazole rings is 1. The van der Waals surface area contributed by atoms with Crippen LogP contribution < -0.4 is 5.32 Å². The quantitative estimate of drug-likeness (QED) is 0.933. The largest absolute Gasteiger partial charge is 0.375 e. The van der Waals surface area contributed by atoms with E-state index in [0.29, 0.717) is 6.04 Å². The number of nitrogens with one attached hydrogen (secondary N) is 1. The molecule has 1 fully saturated rings. The summed E-state index contributed by atoms with van der Waals surface area (Å²) in [5, 5.41) is 4.79. The van der Waals surface area contributed by atoms with Crippen LogP contribution in [0.2, 0.25) is 0 Å².